The summed E-state index contributed by atoms with van der Waals surface area (Å²) in [6.45, 7) is -0.545. The van der Waals surface area contributed by atoms with Crippen molar-refractivity contribution in [2.75, 3.05) is 6.67 Å². The van der Waals surface area contributed by atoms with E-state index in [0.29, 0.717) is 0 Å². The minimum absolute atomic E-state index is 0.545. The van der Waals surface area contributed by atoms with Gasteiger partial charge in [0.05, 0.1) is 0 Å². The summed E-state index contributed by atoms with van der Waals surface area (Å²) >= 11 is 0. The van der Waals surface area contributed by atoms with Crippen LogP contribution in [0.25, 0.3) is 0 Å². The van der Waals surface area contributed by atoms with Crippen LogP contribution in [0.4, 0.5) is 4.39 Å². The van der Waals surface area contributed by atoms with Crippen LogP contribution in [0.3, 0.4) is 0 Å². The normalized spacial score (nSPS) is 11.2. The van der Waals surface area contributed by atoms with Crippen LogP contribution >= 0.6 is 0 Å². The summed E-state index contributed by atoms with van der Waals surface area (Å²) in [4.78, 5) is 9.86. The maximum atomic E-state index is 11.3. The van der Waals surface area contributed by atoms with Gasteiger partial charge in [0.2, 0.25) is 0 Å². The molecule has 49 valence electrons. The lowest BCUT2D eigenvalue weighted by Crippen LogP contribution is -1.88. The molecule has 3 heteroatoms. The second-order valence-corrected chi connectivity index (χ2v) is 1.31. The maximum absolute atomic E-state index is 11.3. The van der Waals surface area contributed by atoms with E-state index in [0.717, 1.165) is 6.08 Å². The lowest BCUT2D eigenvalue weighted by molar-refractivity contribution is -0.114. The Labute approximate surface area is 52.9 Å². The average Bonchev–Trinajstić information content (AvgIpc) is 1.80. The number of hydrogen-bond acceptors (Lipinski definition) is 1. The van der Waals surface area contributed by atoms with Crippen LogP contribution in [-0.2, 0) is 4.79 Å². The molecule has 9 heavy (non-hydrogen) atoms. The van der Waals surface area contributed by atoms with Crippen LogP contribution in [0.5, 0.6) is 0 Å². The van der Waals surface area contributed by atoms with Crippen molar-refractivity contribution in [1.82, 2.24) is 5.73 Å². The fraction of sp³-hybridized carbons (Fsp3) is 0.167. The molecule has 0 atom stereocenters. The van der Waals surface area contributed by atoms with Crippen LogP contribution in [0.2, 0.25) is 0 Å². The number of rotatable bonds is 3. The zero-order chi connectivity index (χ0) is 7.11. The highest BCUT2D eigenvalue weighted by Crippen LogP contribution is 1.77. The summed E-state index contributed by atoms with van der Waals surface area (Å²) in [5.41, 5.74) is 6.36. The van der Waals surface area contributed by atoms with Crippen molar-refractivity contribution in [3.8, 4) is 0 Å². The standard InChI is InChI=1S/C6H7FNO/c7-5-3-1-2-4-6(8)9/h1-4,8H,5H2. The molecule has 1 radical (unpaired) electrons. The van der Waals surface area contributed by atoms with Gasteiger partial charge in [-0.1, -0.05) is 18.2 Å². The molecular formula is C6H7FNO. The van der Waals surface area contributed by atoms with Crippen LogP contribution < -0.4 is 5.73 Å². The number of halogens is 1. The van der Waals surface area contributed by atoms with E-state index in [1.807, 2.05) is 0 Å². The second kappa shape index (κ2) is 5.03. The van der Waals surface area contributed by atoms with Crippen molar-refractivity contribution in [2.24, 2.45) is 0 Å². The fourth-order valence-corrected chi connectivity index (χ4v) is 0.273. The molecule has 0 aromatic carbocycles. The maximum Gasteiger partial charge on any atom is 0.262 e. The first-order valence-corrected chi connectivity index (χ1v) is 2.42. The van der Waals surface area contributed by atoms with Crippen molar-refractivity contribution >= 4 is 5.91 Å². The number of amides is 1. The van der Waals surface area contributed by atoms with Gasteiger partial charge in [-0.25, -0.2) is 4.39 Å². The predicted molar refractivity (Wildman–Crippen MR) is 32.4 cm³/mol. The Kier molecular flexibility index (Phi) is 4.40. The minimum Gasteiger partial charge on any atom is -0.268 e. The summed E-state index contributed by atoms with van der Waals surface area (Å²) in [5.74, 6) is -0.779. The molecule has 0 aliphatic carbocycles. The lowest BCUT2D eigenvalue weighted by atomic mass is 10.4. The van der Waals surface area contributed by atoms with E-state index in [-0.39, 0.29) is 0 Å². The summed E-state index contributed by atoms with van der Waals surface area (Å²) in [6, 6.07) is 0. The number of nitrogens with one attached hydrogen (secondary N) is 1. The van der Waals surface area contributed by atoms with Gasteiger partial charge < -0.3 is 0 Å². The number of carbonyl (C=O) groups excluding carboxylic acids is 1. The van der Waals surface area contributed by atoms with E-state index in [4.69, 9.17) is 5.73 Å². The summed E-state index contributed by atoms with van der Waals surface area (Å²) < 4.78 is 11.3. The highest BCUT2D eigenvalue weighted by atomic mass is 19.1. The Hall–Kier alpha value is -1.12. The Balaban J connectivity index is 3.47. The van der Waals surface area contributed by atoms with Gasteiger partial charge in [0, 0.05) is 6.08 Å². The third-order valence-corrected chi connectivity index (χ3v) is 0.584. The molecule has 1 N–H and O–H groups in total. The van der Waals surface area contributed by atoms with E-state index in [1.54, 1.807) is 0 Å². The Morgan fingerprint density at radius 2 is 2.22 bits per heavy atom. The molecular weight excluding hydrogens is 121 g/mol. The molecule has 0 heterocycles. The summed E-state index contributed by atoms with van der Waals surface area (Å²) in [6.07, 6.45) is 5.01. The lowest BCUT2D eigenvalue weighted by Gasteiger charge is -1.73. The smallest absolute Gasteiger partial charge is 0.262 e. The third-order valence-electron chi connectivity index (χ3n) is 0.584. The highest BCUT2D eigenvalue weighted by molar-refractivity contribution is 5.85. The fourth-order valence-electron chi connectivity index (χ4n) is 0.273. The van der Waals surface area contributed by atoms with Crippen molar-refractivity contribution in [3.63, 3.8) is 0 Å². The Morgan fingerprint density at radius 1 is 1.56 bits per heavy atom. The average molecular weight is 128 g/mol. The molecule has 2 nitrogen and oxygen atoms in total. The van der Waals surface area contributed by atoms with E-state index < -0.39 is 12.6 Å². The Bertz CT molecular complexity index is 140. The monoisotopic (exact) mass is 128 g/mol. The molecule has 0 saturated carbocycles. The van der Waals surface area contributed by atoms with Crippen LogP contribution in [0, 0.1) is 0 Å². The molecule has 1 amide bonds. The van der Waals surface area contributed by atoms with Gasteiger partial charge in [-0.3, -0.25) is 10.5 Å². The first kappa shape index (κ1) is 7.88. The zero-order valence-electron chi connectivity index (χ0n) is 4.80. The van der Waals surface area contributed by atoms with Crippen molar-refractivity contribution in [2.45, 2.75) is 0 Å². The van der Waals surface area contributed by atoms with Crippen molar-refractivity contribution < 1.29 is 9.18 Å². The summed E-state index contributed by atoms with van der Waals surface area (Å²) in [5, 5.41) is 0. The van der Waals surface area contributed by atoms with Gasteiger partial charge in [0.25, 0.3) is 5.91 Å². The molecule has 0 saturated heterocycles. The van der Waals surface area contributed by atoms with Crippen LogP contribution in [0.1, 0.15) is 0 Å². The van der Waals surface area contributed by atoms with Gasteiger partial charge in [0.1, 0.15) is 6.67 Å². The van der Waals surface area contributed by atoms with Crippen LogP contribution in [-0.4, -0.2) is 12.6 Å². The van der Waals surface area contributed by atoms with E-state index in [1.165, 1.54) is 18.2 Å². The quantitative estimate of drug-likeness (QED) is 0.410. The van der Waals surface area contributed by atoms with Crippen molar-refractivity contribution in [3.05, 3.63) is 24.3 Å². The van der Waals surface area contributed by atoms with Crippen molar-refractivity contribution in [1.29, 1.82) is 0 Å². The SMILES string of the molecule is [NH]C(=O)C=CC=CCF. The van der Waals surface area contributed by atoms with Gasteiger partial charge >= 0.3 is 0 Å². The van der Waals surface area contributed by atoms with E-state index in [2.05, 4.69) is 0 Å². The summed E-state index contributed by atoms with van der Waals surface area (Å²) in [7, 11) is 0. The largest absolute Gasteiger partial charge is 0.268 e. The molecule has 0 aliphatic rings. The zero-order valence-corrected chi connectivity index (χ0v) is 4.80. The van der Waals surface area contributed by atoms with Gasteiger partial charge in [-0.2, -0.15) is 0 Å². The predicted octanol–water partition coefficient (Wildman–Crippen LogP) is 0.878. The number of hydrogen-bond donors (Lipinski definition) is 0. The third kappa shape index (κ3) is 6.88. The molecule has 0 unspecified atom stereocenters. The van der Waals surface area contributed by atoms with E-state index >= 15 is 0 Å². The minimum atomic E-state index is -0.779. The number of alkyl halides is 1. The molecule has 0 aromatic heterocycles. The molecule has 0 bridgehead atoms. The molecule has 0 aromatic rings. The topological polar surface area (TPSA) is 40.9 Å². The first-order chi connectivity index (χ1) is 4.27. The molecule has 0 fully saturated rings. The van der Waals surface area contributed by atoms with Gasteiger partial charge in [-0.15, -0.1) is 0 Å². The molecule has 0 aliphatic heterocycles. The molecule has 0 rings (SSSR count). The molecule has 0 spiro atoms. The van der Waals surface area contributed by atoms with Gasteiger partial charge in [-0.05, 0) is 0 Å². The Morgan fingerprint density at radius 3 is 2.67 bits per heavy atom. The number of carbonyl (C=O) groups is 1. The number of allylic oxidation sites excluding steroid dienone is 3. The van der Waals surface area contributed by atoms with Crippen LogP contribution in [0.15, 0.2) is 24.3 Å². The second-order valence-electron chi connectivity index (χ2n) is 1.31. The van der Waals surface area contributed by atoms with E-state index in [9.17, 15) is 9.18 Å². The first-order valence-electron chi connectivity index (χ1n) is 2.42. The highest BCUT2D eigenvalue weighted by Gasteiger charge is 1.77. The van der Waals surface area contributed by atoms with Gasteiger partial charge in [0.15, 0.2) is 0 Å².